The highest BCUT2D eigenvalue weighted by Crippen LogP contribution is 2.15. The topological polar surface area (TPSA) is 105 Å². The van der Waals surface area contributed by atoms with Crippen LogP contribution in [0, 0.1) is 0 Å². The minimum absolute atomic E-state index is 0.101. The molecular formula is C13H16N4O4S. The van der Waals surface area contributed by atoms with E-state index in [9.17, 15) is 13.2 Å². The van der Waals surface area contributed by atoms with Crippen LogP contribution < -0.4 is 4.72 Å². The van der Waals surface area contributed by atoms with Gasteiger partial charge in [0.05, 0.1) is 19.3 Å². The molecule has 22 heavy (non-hydrogen) atoms. The Hall–Kier alpha value is -2.26. The lowest BCUT2D eigenvalue weighted by Crippen LogP contribution is -2.37. The van der Waals surface area contributed by atoms with E-state index in [1.54, 1.807) is 0 Å². The van der Waals surface area contributed by atoms with Crippen LogP contribution in [-0.4, -0.2) is 49.2 Å². The highest BCUT2D eigenvalue weighted by atomic mass is 32.2. The van der Waals surface area contributed by atoms with Crippen LogP contribution in [0.1, 0.15) is 5.89 Å². The number of carbonyl (C=O) groups is 1. The fourth-order valence-electron chi connectivity index (χ4n) is 1.64. The van der Waals surface area contributed by atoms with Crippen molar-refractivity contribution in [3.8, 4) is 11.4 Å². The van der Waals surface area contributed by atoms with E-state index in [4.69, 9.17) is 4.52 Å². The van der Waals surface area contributed by atoms with Crippen molar-refractivity contribution in [2.24, 2.45) is 0 Å². The Balaban J connectivity index is 1.96. The van der Waals surface area contributed by atoms with Crippen LogP contribution in [-0.2, 0) is 21.4 Å². The van der Waals surface area contributed by atoms with Gasteiger partial charge in [-0.2, -0.15) is 4.98 Å². The Morgan fingerprint density at radius 3 is 2.64 bits per heavy atom. The van der Waals surface area contributed by atoms with Gasteiger partial charge in [-0.3, -0.25) is 4.79 Å². The zero-order chi connectivity index (χ0) is 16.2. The van der Waals surface area contributed by atoms with Crippen molar-refractivity contribution >= 4 is 15.9 Å². The number of nitrogens with zero attached hydrogens (tertiary/aromatic N) is 3. The molecule has 8 nitrogen and oxygen atoms in total. The van der Waals surface area contributed by atoms with Crippen LogP contribution in [0.5, 0.6) is 0 Å². The van der Waals surface area contributed by atoms with E-state index < -0.39 is 15.9 Å². The molecule has 1 aromatic heterocycles. The largest absolute Gasteiger partial charge is 0.337 e. The number of carbonyl (C=O) groups excluding carboxylic acids is 1. The number of hydrogen-bond acceptors (Lipinski definition) is 6. The summed E-state index contributed by atoms with van der Waals surface area (Å²) in [6.07, 6.45) is 0.990. The summed E-state index contributed by atoms with van der Waals surface area (Å²) < 4.78 is 29.1. The molecule has 2 aromatic rings. The smallest absolute Gasteiger partial charge is 0.246 e. The molecule has 0 spiro atoms. The van der Waals surface area contributed by atoms with Crippen LogP contribution in [0.25, 0.3) is 11.4 Å². The molecule has 1 N–H and O–H groups in total. The first kappa shape index (κ1) is 16.1. The molecule has 0 aliphatic rings. The van der Waals surface area contributed by atoms with Crippen molar-refractivity contribution in [2.75, 3.05) is 19.8 Å². The van der Waals surface area contributed by atoms with E-state index in [0.29, 0.717) is 5.82 Å². The maximum atomic E-state index is 11.8. The average molecular weight is 324 g/mol. The van der Waals surface area contributed by atoms with Gasteiger partial charge >= 0.3 is 0 Å². The maximum absolute atomic E-state index is 11.8. The highest BCUT2D eigenvalue weighted by molar-refractivity contribution is 7.88. The van der Waals surface area contributed by atoms with Gasteiger partial charge in [0.25, 0.3) is 0 Å². The molecule has 0 saturated heterocycles. The van der Waals surface area contributed by atoms with Gasteiger partial charge in [0.15, 0.2) is 0 Å². The first-order chi connectivity index (χ1) is 10.3. The SMILES string of the molecule is CN(Cc1nc(-c2ccccc2)no1)C(=O)CNS(C)(=O)=O. The Morgan fingerprint density at radius 1 is 1.32 bits per heavy atom. The lowest BCUT2D eigenvalue weighted by atomic mass is 10.2. The molecule has 0 fully saturated rings. The molecule has 0 radical (unpaired) electrons. The standard InChI is InChI=1S/C13H16N4O4S/c1-17(12(18)8-14-22(2,19)20)9-11-15-13(16-21-11)10-6-4-3-5-7-10/h3-7,14H,8-9H2,1-2H3. The molecule has 9 heteroatoms. The summed E-state index contributed by atoms with van der Waals surface area (Å²) in [5.74, 6) is 0.310. The molecule has 0 saturated carbocycles. The third kappa shape index (κ3) is 4.64. The number of sulfonamides is 1. The quantitative estimate of drug-likeness (QED) is 0.816. The van der Waals surface area contributed by atoms with Crippen LogP contribution in [0.2, 0.25) is 0 Å². The Kier molecular flexibility index (Phi) is 4.88. The summed E-state index contributed by atoms with van der Waals surface area (Å²) in [6.45, 7) is -0.209. The summed E-state index contributed by atoms with van der Waals surface area (Å²) in [4.78, 5) is 17.3. The van der Waals surface area contributed by atoms with E-state index in [1.165, 1.54) is 11.9 Å². The van der Waals surface area contributed by atoms with Crippen LogP contribution >= 0.6 is 0 Å². The van der Waals surface area contributed by atoms with Gasteiger partial charge in [-0.1, -0.05) is 35.5 Å². The molecule has 0 atom stereocenters. The second-order valence-corrected chi connectivity index (χ2v) is 6.55. The van der Waals surface area contributed by atoms with Gasteiger partial charge in [0.1, 0.15) is 0 Å². The van der Waals surface area contributed by atoms with Gasteiger partial charge in [-0.05, 0) is 0 Å². The first-order valence-corrected chi connectivity index (χ1v) is 8.31. The summed E-state index contributed by atoms with van der Waals surface area (Å²) in [5, 5.41) is 3.85. The normalized spacial score (nSPS) is 11.4. The van der Waals surface area contributed by atoms with Crippen molar-refractivity contribution in [2.45, 2.75) is 6.54 Å². The third-order valence-electron chi connectivity index (χ3n) is 2.78. The number of hydrogen-bond donors (Lipinski definition) is 1. The van der Waals surface area contributed by atoms with E-state index >= 15 is 0 Å². The molecule has 0 aliphatic heterocycles. The van der Waals surface area contributed by atoms with Gasteiger partial charge < -0.3 is 9.42 Å². The number of nitrogens with one attached hydrogen (secondary N) is 1. The Bertz CT molecular complexity index is 742. The average Bonchev–Trinajstić information content (AvgIpc) is 2.93. The fourth-order valence-corrected chi connectivity index (χ4v) is 2.03. The predicted octanol–water partition coefficient (Wildman–Crippen LogP) is 0.244. The molecule has 2 rings (SSSR count). The molecule has 0 bridgehead atoms. The maximum Gasteiger partial charge on any atom is 0.246 e. The number of likely N-dealkylation sites (N-methyl/N-ethyl adjacent to an activating group) is 1. The van der Waals surface area contributed by atoms with Crippen LogP contribution in [0.3, 0.4) is 0 Å². The number of aromatic nitrogens is 2. The summed E-state index contributed by atoms with van der Waals surface area (Å²) in [7, 11) is -1.88. The molecular weight excluding hydrogens is 308 g/mol. The van der Waals surface area contributed by atoms with Gasteiger partial charge in [-0.25, -0.2) is 13.1 Å². The van der Waals surface area contributed by atoms with Crippen molar-refractivity contribution < 1.29 is 17.7 Å². The Labute approximate surface area is 128 Å². The molecule has 0 unspecified atom stereocenters. The highest BCUT2D eigenvalue weighted by Gasteiger charge is 2.15. The molecule has 1 aromatic carbocycles. The van der Waals surface area contributed by atoms with Crippen molar-refractivity contribution in [1.29, 1.82) is 0 Å². The van der Waals surface area contributed by atoms with E-state index in [1.807, 2.05) is 30.3 Å². The summed E-state index contributed by atoms with van der Waals surface area (Å²) in [6, 6.07) is 9.29. The second-order valence-electron chi connectivity index (χ2n) is 4.72. The molecule has 0 aliphatic carbocycles. The van der Waals surface area contributed by atoms with E-state index in [-0.39, 0.29) is 19.0 Å². The van der Waals surface area contributed by atoms with Crippen molar-refractivity contribution in [1.82, 2.24) is 19.8 Å². The van der Waals surface area contributed by atoms with Crippen molar-refractivity contribution in [3.63, 3.8) is 0 Å². The lowest BCUT2D eigenvalue weighted by molar-refractivity contribution is -0.129. The molecule has 1 heterocycles. The molecule has 1 amide bonds. The van der Waals surface area contributed by atoms with E-state index in [0.717, 1.165) is 11.8 Å². The Morgan fingerprint density at radius 2 is 2.00 bits per heavy atom. The summed E-state index contributed by atoms with van der Waals surface area (Å²) >= 11 is 0. The lowest BCUT2D eigenvalue weighted by Gasteiger charge is -2.14. The predicted molar refractivity (Wildman–Crippen MR) is 79.1 cm³/mol. The first-order valence-electron chi connectivity index (χ1n) is 6.42. The number of amides is 1. The van der Waals surface area contributed by atoms with Crippen molar-refractivity contribution in [3.05, 3.63) is 36.2 Å². The minimum Gasteiger partial charge on any atom is -0.337 e. The minimum atomic E-state index is -3.41. The fraction of sp³-hybridized carbons (Fsp3) is 0.308. The zero-order valence-electron chi connectivity index (χ0n) is 12.2. The zero-order valence-corrected chi connectivity index (χ0v) is 13.0. The number of rotatable bonds is 6. The van der Waals surface area contributed by atoms with Crippen LogP contribution in [0.15, 0.2) is 34.9 Å². The third-order valence-corrected chi connectivity index (χ3v) is 3.45. The second kappa shape index (κ2) is 6.67. The van der Waals surface area contributed by atoms with Crippen LogP contribution in [0.4, 0.5) is 0 Å². The number of benzene rings is 1. The monoisotopic (exact) mass is 324 g/mol. The van der Waals surface area contributed by atoms with Gasteiger partial charge in [0, 0.05) is 12.6 Å². The summed E-state index contributed by atoms with van der Waals surface area (Å²) in [5.41, 5.74) is 0.810. The van der Waals surface area contributed by atoms with Gasteiger partial charge in [-0.15, -0.1) is 0 Å². The van der Waals surface area contributed by atoms with Gasteiger partial charge in [0.2, 0.25) is 27.6 Å². The van der Waals surface area contributed by atoms with E-state index in [2.05, 4.69) is 14.9 Å². The molecule has 118 valence electrons.